The molecule has 0 bridgehead atoms. The van der Waals surface area contributed by atoms with E-state index in [4.69, 9.17) is 5.11 Å². The summed E-state index contributed by atoms with van der Waals surface area (Å²) < 4.78 is 29.5. The van der Waals surface area contributed by atoms with Crippen molar-refractivity contribution in [3.05, 3.63) is 106 Å². The number of hydrogen-bond donors (Lipinski definition) is 2. The number of carboxylic acids is 1. The van der Waals surface area contributed by atoms with E-state index < -0.39 is 11.8 Å². The van der Waals surface area contributed by atoms with Crippen molar-refractivity contribution in [1.82, 2.24) is 10.2 Å². The monoisotopic (exact) mass is 444 g/mol. The molecule has 6 heteroatoms. The van der Waals surface area contributed by atoms with Crippen LogP contribution in [-0.2, 0) is 4.79 Å². The lowest BCUT2D eigenvalue weighted by Gasteiger charge is -2.19. The van der Waals surface area contributed by atoms with Gasteiger partial charge >= 0.3 is 5.97 Å². The Morgan fingerprint density at radius 2 is 1.79 bits per heavy atom. The highest BCUT2D eigenvalue weighted by molar-refractivity contribution is 6.01. The van der Waals surface area contributed by atoms with Gasteiger partial charge in [0.05, 0.1) is 17.1 Å². The molecule has 33 heavy (non-hydrogen) atoms. The number of nitrogens with zero attached hydrogens (tertiary/aromatic N) is 1. The largest absolute Gasteiger partial charge is 0.478 e. The third kappa shape index (κ3) is 4.46. The highest BCUT2D eigenvalue weighted by atomic mass is 19.1. The van der Waals surface area contributed by atoms with Crippen LogP contribution in [0.15, 0.2) is 66.9 Å². The summed E-state index contributed by atoms with van der Waals surface area (Å²) in [6.07, 6.45) is 4.61. The Kier molecular flexibility index (Phi) is 6.18. The van der Waals surface area contributed by atoms with Crippen LogP contribution in [0.5, 0.6) is 0 Å². The Balaban J connectivity index is 1.98. The Morgan fingerprint density at radius 3 is 2.45 bits per heavy atom. The van der Waals surface area contributed by atoms with Crippen molar-refractivity contribution in [1.29, 1.82) is 0 Å². The van der Waals surface area contributed by atoms with Gasteiger partial charge in [0.1, 0.15) is 11.6 Å². The van der Waals surface area contributed by atoms with Crippen LogP contribution in [0.3, 0.4) is 0 Å². The van der Waals surface area contributed by atoms with Crippen molar-refractivity contribution in [3.8, 4) is 0 Å². The van der Waals surface area contributed by atoms with E-state index >= 15 is 4.39 Å². The molecule has 2 N–H and O–H groups in total. The second-order valence-electron chi connectivity index (χ2n) is 7.72. The molecule has 0 atom stereocenters. The van der Waals surface area contributed by atoms with Gasteiger partial charge in [-0.25, -0.2) is 13.6 Å². The van der Waals surface area contributed by atoms with Crippen molar-refractivity contribution in [2.75, 3.05) is 0 Å². The van der Waals surface area contributed by atoms with Crippen LogP contribution < -0.4 is 0 Å². The number of carboxylic acid groups (broad SMARTS) is 1. The van der Waals surface area contributed by atoms with Crippen LogP contribution in [0.4, 0.5) is 8.78 Å². The highest BCUT2D eigenvalue weighted by Crippen LogP contribution is 2.38. The highest BCUT2D eigenvalue weighted by Gasteiger charge is 2.19. The first-order valence-electron chi connectivity index (χ1n) is 10.5. The zero-order chi connectivity index (χ0) is 23.5. The van der Waals surface area contributed by atoms with Gasteiger partial charge in [-0.05, 0) is 77.1 Å². The minimum Gasteiger partial charge on any atom is -0.478 e. The summed E-state index contributed by atoms with van der Waals surface area (Å²) in [5, 5.41) is 16.0. The molecule has 1 heterocycles. The molecule has 1 aromatic heterocycles. The predicted molar refractivity (Wildman–Crippen MR) is 127 cm³/mol. The molecule has 0 aliphatic carbocycles. The number of benzene rings is 3. The number of carbonyl (C=O) groups is 1. The number of aryl methyl sites for hydroxylation is 1. The maximum Gasteiger partial charge on any atom is 0.328 e. The molecule has 0 aliphatic heterocycles. The summed E-state index contributed by atoms with van der Waals surface area (Å²) in [6.45, 7) is 3.82. The van der Waals surface area contributed by atoms with Crippen molar-refractivity contribution in [2.24, 2.45) is 0 Å². The second kappa shape index (κ2) is 9.20. The predicted octanol–water partition coefficient (Wildman–Crippen LogP) is 6.62. The van der Waals surface area contributed by atoms with Crippen molar-refractivity contribution >= 4 is 34.1 Å². The van der Waals surface area contributed by atoms with Crippen LogP contribution >= 0.6 is 0 Å². The van der Waals surface area contributed by atoms with Gasteiger partial charge in [-0.3, -0.25) is 5.10 Å². The molecule has 0 spiro atoms. The molecule has 0 fully saturated rings. The number of aromatic nitrogens is 2. The molecular formula is C27H22F2N2O2. The zero-order valence-corrected chi connectivity index (χ0v) is 18.2. The number of halogens is 2. The van der Waals surface area contributed by atoms with Gasteiger partial charge in [0, 0.05) is 11.6 Å². The molecule has 0 saturated carbocycles. The van der Waals surface area contributed by atoms with Gasteiger partial charge in [-0.15, -0.1) is 0 Å². The molecule has 3 aromatic carbocycles. The Labute approximate surface area is 189 Å². The first kappa shape index (κ1) is 22.1. The molecule has 166 valence electrons. The van der Waals surface area contributed by atoms with Crippen molar-refractivity contribution in [2.45, 2.75) is 20.3 Å². The zero-order valence-electron chi connectivity index (χ0n) is 18.2. The molecule has 4 nitrogen and oxygen atoms in total. The van der Waals surface area contributed by atoms with E-state index in [1.54, 1.807) is 30.3 Å². The van der Waals surface area contributed by atoms with Crippen LogP contribution in [0.25, 0.3) is 28.1 Å². The number of aliphatic carboxylic acids is 1. The van der Waals surface area contributed by atoms with E-state index in [0.29, 0.717) is 34.0 Å². The topological polar surface area (TPSA) is 66.0 Å². The maximum atomic E-state index is 15.7. The molecule has 4 aromatic rings. The third-order valence-corrected chi connectivity index (χ3v) is 5.61. The maximum absolute atomic E-state index is 15.7. The smallest absolute Gasteiger partial charge is 0.328 e. The van der Waals surface area contributed by atoms with Crippen LogP contribution in [0, 0.1) is 18.6 Å². The van der Waals surface area contributed by atoms with E-state index in [1.807, 2.05) is 26.0 Å². The van der Waals surface area contributed by atoms with Crippen molar-refractivity contribution in [3.63, 3.8) is 0 Å². The fourth-order valence-corrected chi connectivity index (χ4v) is 4.06. The molecule has 0 saturated heterocycles. The van der Waals surface area contributed by atoms with Gasteiger partial charge in [0.25, 0.3) is 0 Å². The number of allylic oxidation sites excluding steroid dienone is 1. The Morgan fingerprint density at radius 1 is 1.06 bits per heavy atom. The lowest BCUT2D eigenvalue weighted by molar-refractivity contribution is -0.131. The molecule has 0 radical (unpaired) electrons. The first-order chi connectivity index (χ1) is 15.9. The van der Waals surface area contributed by atoms with Crippen LogP contribution in [0.1, 0.15) is 41.2 Å². The van der Waals surface area contributed by atoms with Crippen molar-refractivity contribution < 1.29 is 18.7 Å². The average molecular weight is 444 g/mol. The number of nitrogens with one attached hydrogen (secondary N) is 1. The lowest BCUT2D eigenvalue weighted by Crippen LogP contribution is -2.00. The number of aromatic amines is 1. The lowest BCUT2D eigenvalue weighted by atomic mass is 9.86. The second-order valence-corrected chi connectivity index (χ2v) is 7.72. The minimum atomic E-state index is -1.03. The van der Waals surface area contributed by atoms with E-state index in [0.717, 1.165) is 28.3 Å². The van der Waals surface area contributed by atoms with Gasteiger partial charge in [-0.1, -0.05) is 37.3 Å². The minimum absolute atomic E-state index is 0.325. The Hall–Kier alpha value is -4.06. The van der Waals surface area contributed by atoms with Gasteiger partial charge in [0.15, 0.2) is 0 Å². The fourth-order valence-electron chi connectivity index (χ4n) is 4.06. The number of rotatable bonds is 6. The number of hydrogen-bond acceptors (Lipinski definition) is 2. The fraction of sp³-hybridized carbons (Fsp3) is 0.111. The van der Waals surface area contributed by atoms with Gasteiger partial charge in [0.2, 0.25) is 0 Å². The molecule has 4 rings (SSSR count). The van der Waals surface area contributed by atoms with Gasteiger partial charge in [-0.2, -0.15) is 5.10 Å². The first-order valence-corrected chi connectivity index (χ1v) is 10.5. The normalized spacial score (nSPS) is 12.4. The molecule has 0 amide bonds. The summed E-state index contributed by atoms with van der Waals surface area (Å²) in [6, 6.07) is 15.4. The molecular weight excluding hydrogens is 422 g/mol. The quantitative estimate of drug-likeness (QED) is 0.260. The van der Waals surface area contributed by atoms with E-state index in [1.165, 1.54) is 24.4 Å². The van der Waals surface area contributed by atoms with Gasteiger partial charge < -0.3 is 5.11 Å². The summed E-state index contributed by atoms with van der Waals surface area (Å²) in [5.74, 6) is -1.75. The third-order valence-electron chi connectivity index (χ3n) is 5.61. The summed E-state index contributed by atoms with van der Waals surface area (Å²) in [4.78, 5) is 10.8. The standard InChI is InChI=1S/C27H22F2N2O2/c1-3-20(21-10-9-19(28)14-16(21)2)26(18-7-4-17(5-8-18)6-13-25(32)33)22-11-12-24-23(27(22)29)15-30-31-24/h4-15H,3H2,1-2H3,(H,30,31)(H,32,33)/b13-6+,26-20+. The molecule has 0 unspecified atom stereocenters. The molecule has 0 aliphatic rings. The van der Waals surface area contributed by atoms with E-state index in [-0.39, 0.29) is 5.82 Å². The number of H-pyrrole nitrogens is 1. The average Bonchev–Trinajstić information content (AvgIpc) is 3.28. The SMILES string of the molecule is CC/C(=C(/c1ccc(/C=C/C(=O)O)cc1)c1ccc2[nH]ncc2c1F)c1ccc(F)cc1C. The van der Waals surface area contributed by atoms with Crippen LogP contribution in [0.2, 0.25) is 0 Å². The summed E-state index contributed by atoms with van der Waals surface area (Å²) in [7, 11) is 0. The summed E-state index contributed by atoms with van der Waals surface area (Å²) in [5.41, 5.74) is 5.67. The van der Waals surface area contributed by atoms with E-state index in [2.05, 4.69) is 10.2 Å². The summed E-state index contributed by atoms with van der Waals surface area (Å²) >= 11 is 0. The van der Waals surface area contributed by atoms with Crippen LogP contribution in [-0.4, -0.2) is 21.3 Å². The Bertz CT molecular complexity index is 1400. The van der Waals surface area contributed by atoms with E-state index in [9.17, 15) is 9.18 Å². The number of fused-ring (bicyclic) bond motifs is 1.